The van der Waals surface area contributed by atoms with E-state index in [1.54, 1.807) is 0 Å². The third-order valence-electron chi connectivity index (χ3n) is 4.46. The summed E-state index contributed by atoms with van der Waals surface area (Å²) < 4.78 is 0. The Bertz CT molecular complexity index is 379. The van der Waals surface area contributed by atoms with Gasteiger partial charge in [-0.05, 0) is 45.6 Å². The number of benzene rings is 1. The molecule has 1 aromatic rings. The smallest absolute Gasteiger partial charge is 0.0446 e. The molecule has 2 unspecified atom stereocenters. The zero-order valence-electron chi connectivity index (χ0n) is 13.2. The van der Waals surface area contributed by atoms with E-state index in [0.717, 1.165) is 6.54 Å². The number of rotatable bonds is 5. The Kier molecular flexibility index (Phi) is 6.02. The van der Waals surface area contributed by atoms with Crippen LogP contribution < -0.4 is 5.32 Å². The van der Waals surface area contributed by atoms with E-state index in [1.165, 1.54) is 38.0 Å². The van der Waals surface area contributed by atoms with Crippen LogP contribution in [0, 0.1) is 0 Å². The molecular formula is C17H29N3. The summed E-state index contributed by atoms with van der Waals surface area (Å²) in [4.78, 5) is 5.16. The highest BCUT2D eigenvalue weighted by atomic mass is 15.2. The minimum Gasteiger partial charge on any atom is -0.312 e. The molecule has 0 aliphatic carbocycles. The summed E-state index contributed by atoms with van der Waals surface area (Å²) in [6.45, 7) is 7.05. The van der Waals surface area contributed by atoms with Crippen molar-refractivity contribution in [1.29, 1.82) is 0 Å². The number of hydrogen-bond donors (Lipinski definition) is 1. The fourth-order valence-corrected chi connectivity index (χ4v) is 3.20. The maximum absolute atomic E-state index is 3.49. The molecule has 0 spiro atoms. The Labute approximate surface area is 124 Å². The van der Waals surface area contributed by atoms with Gasteiger partial charge in [0.1, 0.15) is 0 Å². The van der Waals surface area contributed by atoms with E-state index < -0.39 is 0 Å². The lowest BCUT2D eigenvalue weighted by atomic mass is 10.0. The summed E-state index contributed by atoms with van der Waals surface area (Å²) in [6.07, 6.45) is 2.51. The van der Waals surface area contributed by atoms with E-state index in [2.05, 4.69) is 66.5 Å². The molecular weight excluding hydrogens is 246 g/mol. The van der Waals surface area contributed by atoms with E-state index >= 15 is 0 Å². The van der Waals surface area contributed by atoms with Crippen molar-refractivity contribution in [2.45, 2.75) is 31.8 Å². The molecule has 112 valence electrons. The van der Waals surface area contributed by atoms with Gasteiger partial charge in [0.25, 0.3) is 0 Å². The summed E-state index contributed by atoms with van der Waals surface area (Å²) in [7, 11) is 4.32. The summed E-state index contributed by atoms with van der Waals surface area (Å²) in [5, 5.41) is 3.49. The van der Waals surface area contributed by atoms with Crippen LogP contribution >= 0.6 is 0 Å². The molecule has 20 heavy (non-hydrogen) atoms. The van der Waals surface area contributed by atoms with E-state index in [4.69, 9.17) is 0 Å². The highest BCUT2D eigenvalue weighted by Crippen LogP contribution is 2.18. The molecule has 1 aliphatic heterocycles. The monoisotopic (exact) mass is 275 g/mol. The van der Waals surface area contributed by atoms with Crippen LogP contribution in [0.4, 0.5) is 0 Å². The first-order valence-electron chi connectivity index (χ1n) is 7.89. The lowest BCUT2D eigenvalue weighted by Crippen LogP contribution is -2.43. The zero-order valence-corrected chi connectivity index (χ0v) is 13.2. The molecule has 2 atom stereocenters. The van der Waals surface area contributed by atoms with Gasteiger partial charge < -0.3 is 10.2 Å². The number of hydrogen-bond acceptors (Lipinski definition) is 3. The second-order valence-corrected chi connectivity index (χ2v) is 5.92. The predicted octanol–water partition coefficient (Wildman–Crippen LogP) is 2.36. The number of likely N-dealkylation sites (N-methyl/N-ethyl adjacent to an activating group) is 2. The van der Waals surface area contributed by atoms with Gasteiger partial charge in [-0.2, -0.15) is 0 Å². The van der Waals surface area contributed by atoms with Crippen molar-refractivity contribution in [1.82, 2.24) is 15.1 Å². The van der Waals surface area contributed by atoms with Crippen LogP contribution in [0.1, 0.15) is 31.4 Å². The molecule has 3 heteroatoms. The van der Waals surface area contributed by atoms with Crippen molar-refractivity contribution in [2.24, 2.45) is 0 Å². The topological polar surface area (TPSA) is 18.5 Å². The summed E-state index contributed by atoms with van der Waals surface area (Å²) in [5.74, 6) is 0. The molecule has 1 heterocycles. The second-order valence-electron chi connectivity index (χ2n) is 5.92. The van der Waals surface area contributed by atoms with Crippen molar-refractivity contribution >= 4 is 0 Å². The summed E-state index contributed by atoms with van der Waals surface area (Å²) in [6, 6.07) is 11.9. The third-order valence-corrected chi connectivity index (χ3v) is 4.46. The number of nitrogens with one attached hydrogen (secondary N) is 1. The largest absolute Gasteiger partial charge is 0.312 e. The Morgan fingerprint density at radius 3 is 2.65 bits per heavy atom. The lowest BCUT2D eigenvalue weighted by Gasteiger charge is -2.33. The van der Waals surface area contributed by atoms with Crippen LogP contribution in [0.25, 0.3) is 0 Å². The molecule has 0 amide bonds. The molecule has 3 nitrogen and oxygen atoms in total. The average Bonchev–Trinajstić information content (AvgIpc) is 2.66. The van der Waals surface area contributed by atoms with Crippen molar-refractivity contribution in [3.8, 4) is 0 Å². The second kappa shape index (κ2) is 7.77. The normalized spacial score (nSPS) is 23.4. The van der Waals surface area contributed by atoms with Gasteiger partial charge in [-0.15, -0.1) is 0 Å². The van der Waals surface area contributed by atoms with Crippen LogP contribution in [-0.2, 0) is 0 Å². The first-order chi connectivity index (χ1) is 9.74. The zero-order chi connectivity index (χ0) is 14.4. The Morgan fingerprint density at radius 1 is 1.25 bits per heavy atom. The van der Waals surface area contributed by atoms with Crippen molar-refractivity contribution in [2.75, 3.05) is 40.3 Å². The molecule has 1 fully saturated rings. The minimum atomic E-state index is 0.425. The van der Waals surface area contributed by atoms with E-state index in [1.807, 2.05) is 0 Å². The quantitative estimate of drug-likeness (QED) is 0.890. The lowest BCUT2D eigenvalue weighted by molar-refractivity contribution is 0.168. The van der Waals surface area contributed by atoms with Crippen LogP contribution in [0.15, 0.2) is 30.3 Å². The SMILES string of the molecule is CCC1CN(C)CCCN1CC(NC)c1ccccc1. The molecule has 1 N–H and O–H groups in total. The van der Waals surface area contributed by atoms with Crippen LogP contribution in [0.5, 0.6) is 0 Å². The van der Waals surface area contributed by atoms with Crippen LogP contribution in [0.2, 0.25) is 0 Å². The predicted molar refractivity (Wildman–Crippen MR) is 86.0 cm³/mol. The molecule has 2 rings (SSSR count). The first-order valence-corrected chi connectivity index (χ1v) is 7.89. The third kappa shape index (κ3) is 4.05. The van der Waals surface area contributed by atoms with E-state index in [9.17, 15) is 0 Å². The highest BCUT2D eigenvalue weighted by Gasteiger charge is 2.24. The number of nitrogens with zero attached hydrogens (tertiary/aromatic N) is 2. The van der Waals surface area contributed by atoms with Gasteiger partial charge in [-0.1, -0.05) is 37.3 Å². The van der Waals surface area contributed by atoms with Gasteiger partial charge in [0.15, 0.2) is 0 Å². The van der Waals surface area contributed by atoms with Crippen molar-refractivity contribution in [3.63, 3.8) is 0 Å². The fourth-order valence-electron chi connectivity index (χ4n) is 3.20. The van der Waals surface area contributed by atoms with Gasteiger partial charge in [0.05, 0.1) is 0 Å². The highest BCUT2D eigenvalue weighted by molar-refractivity contribution is 5.19. The van der Waals surface area contributed by atoms with Crippen molar-refractivity contribution in [3.05, 3.63) is 35.9 Å². The van der Waals surface area contributed by atoms with Crippen LogP contribution in [-0.4, -0.2) is 56.1 Å². The molecule has 0 aromatic heterocycles. The summed E-state index contributed by atoms with van der Waals surface area (Å²) in [5.41, 5.74) is 1.39. The van der Waals surface area contributed by atoms with Crippen LogP contribution in [0.3, 0.4) is 0 Å². The van der Waals surface area contributed by atoms with E-state index in [-0.39, 0.29) is 0 Å². The molecule has 1 aromatic carbocycles. The van der Waals surface area contributed by atoms with Gasteiger partial charge in [0.2, 0.25) is 0 Å². The van der Waals surface area contributed by atoms with Gasteiger partial charge in [-0.3, -0.25) is 4.90 Å². The van der Waals surface area contributed by atoms with Gasteiger partial charge in [0, 0.05) is 25.2 Å². The molecule has 1 aliphatic rings. The summed E-state index contributed by atoms with van der Waals surface area (Å²) >= 11 is 0. The minimum absolute atomic E-state index is 0.425. The van der Waals surface area contributed by atoms with Gasteiger partial charge in [-0.25, -0.2) is 0 Å². The Balaban J connectivity index is 2.05. The standard InChI is InChI=1S/C17H29N3/c1-4-16-13-19(3)11-8-12-20(16)14-17(18-2)15-9-6-5-7-10-15/h5-7,9-10,16-18H,4,8,11-14H2,1-3H3. The molecule has 0 radical (unpaired) electrons. The van der Waals surface area contributed by atoms with E-state index in [0.29, 0.717) is 12.1 Å². The average molecular weight is 275 g/mol. The maximum Gasteiger partial charge on any atom is 0.0446 e. The molecule has 0 saturated carbocycles. The molecule has 0 bridgehead atoms. The van der Waals surface area contributed by atoms with Gasteiger partial charge >= 0.3 is 0 Å². The Hall–Kier alpha value is -0.900. The molecule has 1 saturated heterocycles. The van der Waals surface area contributed by atoms with Crippen molar-refractivity contribution < 1.29 is 0 Å². The Morgan fingerprint density at radius 2 is 2.00 bits per heavy atom. The first kappa shape index (κ1) is 15.5. The maximum atomic E-state index is 3.49. The fraction of sp³-hybridized carbons (Fsp3) is 0.647.